The lowest BCUT2D eigenvalue weighted by molar-refractivity contribution is 0.444. The van der Waals surface area contributed by atoms with E-state index in [-0.39, 0.29) is 5.95 Å². The first kappa shape index (κ1) is 14.1. The Bertz CT molecular complexity index is 655. The molecule has 0 saturated heterocycles. The molecule has 3 rings (SSSR count). The molecule has 5 nitrogen and oxygen atoms in total. The number of nitrogens with one attached hydrogen (secondary N) is 1. The Hall–Kier alpha value is -1.85. The summed E-state index contributed by atoms with van der Waals surface area (Å²) in [4.78, 5) is 8.57. The van der Waals surface area contributed by atoms with Crippen molar-refractivity contribution >= 4 is 23.4 Å². The van der Waals surface area contributed by atoms with Crippen LogP contribution >= 0.6 is 11.6 Å². The number of nitrogens with two attached hydrogens (primary N) is 2. The number of hydrogen-bond donors (Lipinski definition) is 3. The highest BCUT2D eigenvalue weighted by atomic mass is 35.5. The van der Waals surface area contributed by atoms with Crippen molar-refractivity contribution in [2.24, 2.45) is 5.73 Å². The van der Waals surface area contributed by atoms with E-state index in [1.165, 1.54) is 19.3 Å². The van der Waals surface area contributed by atoms with Crippen LogP contribution in [0.1, 0.15) is 24.8 Å². The molecular formula is C15H18ClN5. The summed E-state index contributed by atoms with van der Waals surface area (Å²) in [5.41, 5.74) is 14.2. The lowest BCUT2D eigenvalue weighted by Gasteiger charge is -2.27. The lowest BCUT2D eigenvalue weighted by atomic mass is 9.93. The average Bonchev–Trinajstić information content (AvgIpc) is 2.42. The van der Waals surface area contributed by atoms with Crippen molar-refractivity contribution in [1.29, 1.82) is 0 Å². The first-order valence-corrected chi connectivity index (χ1v) is 7.43. The second kappa shape index (κ2) is 5.87. The number of halogens is 1. The zero-order valence-electron chi connectivity index (χ0n) is 11.6. The van der Waals surface area contributed by atoms with E-state index in [4.69, 9.17) is 23.1 Å². The van der Waals surface area contributed by atoms with Crippen molar-refractivity contribution in [1.82, 2.24) is 9.97 Å². The highest BCUT2D eigenvalue weighted by Crippen LogP contribution is 2.29. The van der Waals surface area contributed by atoms with Crippen molar-refractivity contribution in [2.75, 3.05) is 11.1 Å². The fourth-order valence-corrected chi connectivity index (χ4v) is 2.58. The molecule has 6 heteroatoms. The molecule has 1 saturated carbocycles. The van der Waals surface area contributed by atoms with Gasteiger partial charge in [-0.1, -0.05) is 17.7 Å². The Morgan fingerprint density at radius 2 is 2.05 bits per heavy atom. The highest BCUT2D eigenvalue weighted by molar-refractivity contribution is 6.30. The molecule has 110 valence electrons. The third-order valence-corrected chi connectivity index (χ3v) is 4.00. The van der Waals surface area contributed by atoms with Gasteiger partial charge in [0, 0.05) is 29.2 Å². The third-order valence-electron chi connectivity index (χ3n) is 3.77. The topological polar surface area (TPSA) is 89.8 Å². The number of nitrogen functional groups attached to an aromatic ring is 1. The second-order valence-electron chi connectivity index (χ2n) is 5.27. The van der Waals surface area contributed by atoms with Gasteiger partial charge in [0.25, 0.3) is 0 Å². The number of aromatic nitrogens is 2. The van der Waals surface area contributed by atoms with Gasteiger partial charge < -0.3 is 16.8 Å². The molecule has 1 fully saturated rings. The van der Waals surface area contributed by atoms with Crippen molar-refractivity contribution in [2.45, 2.75) is 31.8 Å². The van der Waals surface area contributed by atoms with Crippen LogP contribution < -0.4 is 16.8 Å². The molecule has 1 aromatic carbocycles. The SMILES string of the molecule is NCc1ccc(Cl)cc1-c1cc(NC2CCC2)nc(N)n1. The molecule has 1 aliphatic carbocycles. The van der Waals surface area contributed by atoms with Crippen LogP contribution in [0.4, 0.5) is 11.8 Å². The standard InChI is InChI=1S/C15H18ClN5/c16-10-5-4-9(8-17)12(6-10)13-7-14(21-15(18)20-13)19-11-2-1-3-11/h4-7,11H,1-3,8,17H2,(H3,18,19,20,21). The van der Waals surface area contributed by atoms with E-state index < -0.39 is 0 Å². The third kappa shape index (κ3) is 3.09. The van der Waals surface area contributed by atoms with E-state index in [1.54, 1.807) is 0 Å². The molecule has 0 amide bonds. The molecule has 5 N–H and O–H groups in total. The van der Waals surface area contributed by atoms with Crippen molar-refractivity contribution in [3.05, 3.63) is 34.9 Å². The summed E-state index contributed by atoms with van der Waals surface area (Å²) in [6.07, 6.45) is 3.60. The molecule has 0 bridgehead atoms. The van der Waals surface area contributed by atoms with Crippen LogP contribution in [0.2, 0.25) is 5.02 Å². The Kier molecular flexibility index (Phi) is 3.94. The van der Waals surface area contributed by atoms with E-state index in [0.717, 1.165) is 22.6 Å². The minimum absolute atomic E-state index is 0.247. The van der Waals surface area contributed by atoms with Gasteiger partial charge in [-0.25, -0.2) is 4.98 Å². The van der Waals surface area contributed by atoms with Crippen LogP contribution in [0.5, 0.6) is 0 Å². The van der Waals surface area contributed by atoms with Gasteiger partial charge in [0.15, 0.2) is 0 Å². The summed E-state index contributed by atoms with van der Waals surface area (Å²) in [6, 6.07) is 7.99. The van der Waals surface area contributed by atoms with E-state index in [1.807, 2.05) is 24.3 Å². The van der Waals surface area contributed by atoms with Crippen LogP contribution in [0, 0.1) is 0 Å². The minimum atomic E-state index is 0.247. The van der Waals surface area contributed by atoms with Gasteiger partial charge in [-0.3, -0.25) is 0 Å². The average molecular weight is 304 g/mol. The van der Waals surface area contributed by atoms with Crippen LogP contribution in [0.15, 0.2) is 24.3 Å². The number of rotatable bonds is 4. The maximum Gasteiger partial charge on any atom is 0.222 e. The van der Waals surface area contributed by atoms with Crippen molar-refractivity contribution in [3.8, 4) is 11.3 Å². The fraction of sp³-hybridized carbons (Fsp3) is 0.333. The van der Waals surface area contributed by atoms with Crippen molar-refractivity contribution < 1.29 is 0 Å². The summed E-state index contributed by atoms with van der Waals surface area (Å²) in [7, 11) is 0. The summed E-state index contributed by atoms with van der Waals surface area (Å²) in [5, 5.41) is 4.03. The van der Waals surface area contributed by atoms with Gasteiger partial charge in [-0.2, -0.15) is 4.98 Å². The van der Waals surface area contributed by atoms with Gasteiger partial charge in [-0.15, -0.1) is 0 Å². The lowest BCUT2D eigenvalue weighted by Crippen LogP contribution is -2.27. The molecule has 1 aliphatic rings. The zero-order chi connectivity index (χ0) is 14.8. The van der Waals surface area contributed by atoms with E-state index in [0.29, 0.717) is 17.6 Å². The first-order valence-electron chi connectivity index (χ1n) is 7.05. The zero-order valence-corrected chi connectivity index (χ0v) is 12.4. The van der Waals surface area contributed by atoms with Crippen LogP contribution in [0.3, 0.4) is 0 Å². The normalized spacial score (nSPS) is 14.8. The van der Waals surface area contributed by atoms with Gasteiger partial charge >= 0.3 is 0 Å². The summed E-state index contributed by atoms with van der Waals surface area (Å²) in [6.45, 7) is 0.418. The van der Waals surface area contributed by atoms with Gasteiger partial charge in [0.2, 0.25) is 5.95 Å². The highest BCUT2D eigenvalue weighted by Gasteiger charge is 2.18. The Balaban J connectivity index is 1.99. The molecule has 1 aromatic heterocycles. The maximum absolute atomic E-state index is 6.09. The second-order valence-corrected chi connectivity index (χ2v) is 5.71. The first-order chi connectivity index (χ1) is 10.2. The molecule has 0 spiro atoms. The van der Waals surface area contributed by atoms with Gasteiger partial charge in [-0.05, 0) is 37.0 Å². The van der Waals surface area contributed by atoms with E-state index >= 15 is 0 Å². The molecule has 0 atom stereocenters. The molecule has 0 radical (unpaired) electrons. The monoisotopic (exact) mass is 303 g/mol. The number of hydrogen-bond acceptors (Lipinski definition) is 5. The van der Waals surface area contributed by atoms with E-state index in [9.17, 15) is 0 Å². The number of anilines is 2. The van der Waals surface area contributed by atoms with Crippen LogP contribution in [-0.2, 0) is 6.54 Å². The van der Waals surface area contributed by atoms with Crippen LogP contribution in [0.25, 0.3) is 11.3 Å². The predicted octanol–water partition coefficient (Wildman–Crippen LogP) is 2.80. The van der Waals surface area contributed by atoms with E-state index in [2.05, 4.69) is 15.3 Å². The minimum Gasteiger partial charge on any atom is -0.368 e. The van der Waals surface area contributed by atoms with Gasteiger partial charge in [0.05, 0.1) is 5.69 Å². The largest absolute Gasteiger partial charge is 0.368 e. The molecule has 21 heavy (non-hydrogen) atoms. The molecule has 1 heterocycles. The van der Waals surface area contributed by atoms with Crippen molar-refractivity contribution in [3.63, 3.8) is 0 Å². The maximum atomic E-state index is 6.09. The number of benzene rings is 1. The van der Waals surface area contributed by atoms with Crippen LogP contribution in [-0.4, -0.2) is 16.0 Å². The number of nitrogens with zero attached hydrogens (tertiary/aromatic N) is 2. The molecule has 2 aromatic rings. The quantitative estimate of drug-likeness (QED) is 0.808. The smallest absolute Gasteiger partial charge is 0.222 e. The summed E-state index contributed by atoms with van der Waals surface area (Å²) < 4.78 is 0. The molecule has 0 aliphatic heterocycles. The fourth-order valence-electron chi connectivity index (χ4n) is 2.40. The predicted molar refractivity (Wildman–Crippen MR) is 86.0 cm³/mol. The van der Waals surface area contributed by atoms with Gasteiger partial charge in [0.1, 0.15) is 5.82 Å². The Morgan fingerprint density at radius 1 is 1.24 bits per heavy atom. The Labute approximate surface area is 128 Å². The summed E-state index contributed by atoms with van der Waals surface area (Å²) >= 11 is 6.09. The summed E-state index contributed by atoms with van der Waals surface area (Å²) in [5.74, 6) is 1.00. The molecular weight excluding hydrogens is 286 g/mol. The Morgan fingerprint density at radius 3 is 2.71 bits per heavy atom. The molecule has 0 unspecified atom stereocenters.